The molecule has 4 nitrogen and oxygen atoms in total. The van der Waals surface area contributed by atoms with Crippen LogP contribution in [0.4, 0.5) is 0 Å². The largest absolute Gasteiger partial charge is 0.418 e. The maximum Gasteiger partial charge on any atom is 0.320 e. The predicted octanol–water partition coefficient (Wildman–Crippen LogP) is 2.50. The van der Waals surface area contributed by atoms with Crippen molar-refractivity contribution in [2.75, 3.05) is 0 Å². The van der Waals surface area contributed by atoms with Crippen LogP contribution in [0, 0.1) is 0 Å². The first-order valence-electron chi connectivity index (χ1n) is 6.00. The lowest BCUT2D eigenvalue weighted by Gasteiger charge is -2.33. The first-order valence-corrected chi connectivity index (χ1v) is 6.00. The Morgan fingerprint density at radius 1 is 0.947 bits per heavy atom. The van der Waals surface area contributed by atoms with Gasteiger partial charge in [-0.05, 0) is 10.8 Å². The normalized spacial score (nSPS) is 17.9. The zero-order chi connectivity index (χ0) is 13.5. The van der Waals surface area contributed by atoms with Crippen molar-refractivity contribution in [3.8, 4) is 0 Å². The molecule has 1 aliphatic rings. The van der Waals surface area contributed by atoms with Crippen LogP contribution in [0.1, 0.15) is 18.9 Å². The summed E-state index contributed by atoms with van der Waals surface area (Å²) in [5.74, 6) is -2.48. The Morgan fingerprint density at radius 3 is 2.32 bits per heavy atom. The molecular weight excluding hydrogens is 244 g/mol. The minimum absolute atomic E-state index is 0.333. The number of carbonyl (C=O) groups excluding carboxylic acids is 2. The number of hydrogen-bond acceptors (Lipinski definition) is 4. The molecule has 96 valence electrons. The second-order valence-corrected chi connectivity index (χ2v) is 4.60. The van der Waals surface area contributed by atoms with Crippen LogP contribution in [0.15, 0.2) is 42.5 Å². The lowest BCUT2D eigenvalue weighted by molar-refractivity contribution is -0.242. The van der Waals surface area contributed by atoms with Gasteiger partial charge in [0, 0.05) is 12.5 Å². The molecule has 0 bridgehead atoms. The Balaban J connectivity index is 2.18. The third-order valence-electron chi connectivity index (χ3n) is 3.18. The number of fused-ring (bicyclic) bond motifs is 1. The molecule has 2 aromatic carbocycles. The first kappa shape index (κ1) is 11.7. The van der Waals surface area contributed by atoms with E-state index in [1.807, 2.05) is 36.4 Å². The molecule has 4 heteroatoms. The summed E-state index contributed by atoms with van der Waals surface area (Å²) in [6.07, 6.45) is -0.333. The van der Waals surface area contributed by atoms with Gasteiger partial charge in [0.05, 0.1) is 0 Å². The first-order chi connectivity index (χ1) is 9.08. The molecule has 1 saturated heterocycles. The maximum atomic E-state index is 11.5. The van der Waals surface area contributed by atoms with Gasteiger partial charge in [0.15, 0.2) is 0 Å². The van der Waals surface area contributed by atoms with Gasteiger partial charge in [0.25, 0.3) is 5.79 Å². The molecule has 0 N–H and O–H groups in total. The number of ether oxygens (including phenoxy) is 2. The van der Waals surface area contributed by atoms with Crippen LogP contribution in [0.5, 0.6) is 0 Å². The Morgan fingerprint density at radius 2 is 1.58 bits per heavy atom. The summed E-state index contributed by atoms with van der Waals surface area (Å²) in [5, 5.41) is 1.90. The number of benzene rings is 2. The van der Waals surface area contributed by atoms with E-state index < -0.39 is 17.7 Å². The molecule has 0 unspecified atom stereocenters. The fraction of sp³-hybridized carbons (Fsp3) is 0.200. The van der Waals surface area contributed by atoms with Crippen LogP contribution in [0.3, 0.4) is 0 Å². The van der Waals surface area contributed by atoms with Crippen LogP contribution in [-0.4, -0.2) is 11.9 Å². The lowest BCUT2D eigenvalue weighted by atomic mass is 9.98. The zero-order valence-electron chi connectivity index (χ0n) is 10.4. The summed E-state index contributed by atoms with van der Waals surface area (Å²) in [4.78, 5) is 23.0. The van der Waals surface area contributed by atoms with E-state index in [0.29, 0.717) is 5.56 Å². The smallest absolute Gasteiger partial charge is 0.320 e. The van der Waals surface area contributed by atoms with Gasteiger partial charge < -0.3 is 9.47 Å². The van der Waals surface area contributed by atoms with Gasteiger partial charge >= 0.3 is 11.9 Å². The quantitative estimate of drug-likeness (QED) is 0.581. The number of carbonyl (C=O) groups is 2. The average Bonchev–Trinajstić information content (AvgIpc) is 2.36. The van der Waals surface area contributed by atoms with E-state index in [0.717, 1.165) is 10.8 Å². The highest BCUT2D eigenvalue weighted by Gasteiger charge is 2.41. The van der Waals surface area contributed by atoms with Crippen LogP contribution < -0.4 is 0 Å². The molecule has 0 spiro atoms. The van der Waals surface area contributed by atoms with Gasteiger partial charge in [-0.2, -0.15) is 0 Å². The van der Waals surface area contributed by atoms with E-state index in [1.165, 1.54) is 0 Å². The van der Waals surface area contributed by atoms with Crippen molar-refractivity contribution in [3.63, 3.8) is 0 Å². The topological polar surface area (TPSA) is 52.6 Å². The summed E-state index contributed by atoms with van der Waals surface area (Å²) >= 11 is 0. The molecule has 1 fully saturated rings. The van der Waals surface area contributed by atoms with E-state index in [-0.39, 0.29) is 6.42 Å². The predicted molar refractivity (Wildman–Crippen MR) is 68.1 cm³/mol. The molecule has 0 radical (unpaired) electrons. The van der Waals surface area contributed by atoms with Gasteiger partial charge in [0.2, 0.25) is 0 Å². The Labute approximate surface area is 109 Å². The molecule has 0 atom stereocenters. The van der Waals surface area contributed by atoms with E-state index in [2.05, 4.69) is 0 Å². The van der Waals surface area contributed by atoms with E-state index in [9.17, 15) is 9.59 Å². The Hall–Kier alpha value is -2.36. The highest BCUT2D eigenvalue weighted by Crippen LogP contribution is 2.35. The number of cyclic esters (lactones) is 2. The SMILES string of the molecule is CC1(c2cccc3ccccc23)OC(=O)CC(=O)O1. The van der Waals surface area contributed by atoms with Crippen molar-refractivity contribution in [3.05, 3.63) is 48.0 Å². The van der Waals surface area contributed by atoms with Gasteiger partial charge in [-0.3, -0.25) is 9.59 Å². The molecule has 0 saturated carbocycles. The lowest BCUT2D eigenvalue weighted by Crippen LogP contribution is -2.40. The molecule has 0 aliphatic carbocycles. The summed E-state index contributed by atoms with van der Waals surface area (Å²) in [7, 11) is 0. The van der Waals surface area contributed by atoms with Gasteiger partial charge in [-0.1, -0.05) is 42.5 Å². The van der Waals surface area contributed by atoms with Crippen molar-refractivity contribution >= 4 is 22.7 Å². The van der Waals surface area contributed by atoms with Crippen LogP contribution in [0.25, 0.3) is 10.8 Å². The molecular formula is C15H12O4. The van der Waals surface area contributed by atoms with Crippen LogP contribution >= 0.6 is 0 Å². The molecule has 0 amide bonds. The van der Waals surface area contributed by atoms with Crippen LogP contribution in [-0.2, 0) is 24.8 Å². The second kappa shape index (κ2) is 4.09. The molecule has 2 aromatic rings. The Bertz CT molecular complexity index is 653. The summed E-state index contributed by atoms with van der Waals surface area (Å²) in [6, 6.07) is 13.3. The van der Waals surface area contributed by atoms with E-state index >= 15 is 0 Å². The molecule has 19 heavy (non-hydrogen) atoms. The maximum absolute atomic E-state index is 11.5. The minimum Gasteiger partial charge on any atom is -0.418 e. The number of hydrogen-bond donors (Lipinski definition) is 0. The Kier molecular flexibility index (Phi) is 2.52. The third kappa shape index (κ3) is 1.95. The van der Waals surface area contributed by atoms with Crippen molar-refractivity contribution in [1.29, 1.82) is 0 Å². The molecule has 1 heterocycles. The monoisotopic (exact) mass is 256 g/mol. The van der Waals surface area contributed by atoms with Crippen LogP contribution in [0.2, 0.25) is 0 Å². The van der Waals surface area contributed by atoms with Gasteiger partial charge in [0.1, 0.15) is 6.42 Å². The van der Waals surface area contributed by atoms with Crippen molar-refractivity contribution in [1.82, 2.24) is 0 Å². The minimum atomic E-state index is -1.35. The third-order valence-corrected chi connectivity index (χ3v) is 3.18. The fourth-order valence-electron chi connectivity index (χ4n) is 2.38. The average molecular weight is 256 g/mol. The van der Waals surface area contributed by atoms with Crippen molar-refractivity contribution < 1.29 is 19.1 Å². The molecule has 0 aromatic heterocycles. The number of esters is 2. The summed E-state index contributed by atoms with van der Waals surface area (Å²) in [5.41, 5.74) is 0.673. The number of rotatable bonds is 1. The van der Waals surface area contributed by atoms with Crippen molar-refractivity contribution in [2.45, 2.75) is 19.1 Å². The van der Waals surface area contributed by atoms with Gasteiger partial charge in [-0.25, -0.2) is 0 Å². The van der Waals surface area contributed by atoms with Crippen molar-refractivity contribution in [2.24, 2.45) is 0 Å². The second-order valence-electron chi connectivity index (χ2n) is 4.60. The fourth-order valence-corrected chi connectivity index (χ4v) is 2.38. The van der Waals surface area contributed by atoms with Gasteiger partial charge in [-0.15, -0.1) is 0 Å². The highest BCUT2D eigenvalue weighted by molar-refractivity contribution is 5.94. The molecule has 1 aliphatic heterocycles. The standard InChI is InChI=1S/C15H12O4/c1-15(18-13(16)9-14(17)19-15)12-8-4-6-10-5-2-3-7-11(10)12/h2-8H,9H2,1H3. The summed E-state index contributed by atoms with van der Waals surface area (Å²) in [6.45, 7) is 1.59. The van der Waals surface area contributed by atoms with E-state index in [4.69, 9.17) is 9.47 Å². The highest BCUT2D eigenvalue weighted by atomic mass is 16.7. The molecule has 3 rings (SSSR count). The zero-order valence-corrected chi connectivity index (χ0v) is 10.4. The summed E-state index contributed by atoms with van der Waals surface area (Å²) < 4.78 is 10.5. The van der Waals surface area contributed by atoms with E-state index in [1.54, 1.807) is 13.0 Å².